The first-order chi connectivity index (χ1) is 18.6. The molecule has 207 valence electrons. The van der Waals surface area contributed by atoms with Gasteiger partial charge in [-0.25, -0.2) is 0 Å². The molecule has 0 aromatic heterocycles. The van der Waals surface area contributed by atoms with Crippen LogP contribution in [0.3, 0.4) is 0 Å². The van der Waals surface area contributed by atoms with Crippen LogP contribution >= 0.6 is 0 Å². The maximum atomic E-state index is 2.60. The summed E-state index contributed by atoms with van der Waals surface area (Å²) in [4.78, 5) is 0. The second-order valence-electron chi connectivity index (χ2n) is 11.7. The summed E-state index contributed by atoms with van der Waals surface area (Å²) < 4.78 is 4.66. The molecule has 0 amide bonds. The van der Waals surface area contributed by atoms with Crippen molar-refractivity contribution in [1.82, 2.24) is 0 Å². The van der Waals surface area contributed by atoms with E-state index >= 15 is 0 Å². The van der Waals surface area contributed by atoms with Gasteiger partial charge in [0.1, 0.15) is 0 Å². The largest absolute Gasteiger partial charge is 1.00 e. The van der Waals surface area contributed by atoms with Crippen LogP contribution < -0.4 is 24.8 Å². The van der Waals surface area contributed by atoms with E-state index in [1.807, 2.05) is 0 Å². The molecule has 0 spiro atoms. The molecule has 4 aromatic rings. The van der Waals surface area contributed by atoms with Crippen LogP contribution in [0.1, 0.15) is 80.2 Å². The molecule has 0 heterocycles. The van der Waals surface area contributed by atoms with Crippen LogP contribution in [0, 0.1) is 13.8 Å². The van der Waals surface area contributed by atoms with Gasteiger partial charge in [-0.1, -0.05) is 0 Å². The minimum atomic E-state index is -2.14. The smallest absolute Gasteiger partial charge is 1.00 e. The van der Waals surface area contributed by atoms with Crippen molar-refractivity contribution in [2.45, 2.75) is 69.5 Å². The molecule has 4 heteroatoms. The number of hydrogen-bond donors (Lipinski definition) is 0. The summed E-state index contributed by atoms with van der Waals surface area (Å²) in [6.45, 7) is 9.45. The molecule has 40 heavy (non-hydrogen) atoms. The van der Waals surface area contributed by atoms with E-state index in [-0.39, 0.29) is 24.8 Å². The molecular weight excluding hydrogens is 713 g/mol. The van der Waals surface area contributed by atoms with E-state index < -0.39 is 32.8 Å². The van der Waals surface area contributed by atoms with Crippen LogP contribution in [-0.4, -0.2) is 15.2 Å². The Morgan fingerprint density at radius 3 is 1.38 bits per heavy atom. The van der Waals surface area contributed by atoms with Crippen molar-refractivity contribution in [1.29, 1.82) is 0 Å². The minimum Gasteiger partial charge on any atom is -1.00 e. The van der Waals surface area contributed by atoms with Gasteiger partial charge in [0, 0.05) is 0 Å². The second-order valence-corrected chi connectivity index (χ2v) is 49.0. The molecule has 0 saturated carbocycles. The van der Waals surface area contributed by atoms with E-state index in [1.54, 1.807) is 42.3 Å². The van der Waals surface area contributed by atoms with Crippen LogP contribution in [0.25, 0.3) is 22.3 Å². The van der Waals surface area contributed by atoms with Crippen molar-refractivity contribution in [3.05, 3.63) is 118 Å². The second kappa shape index (κ2) is 14.1. The van der Waals surface area contributed by atoms with Gasteiger partial charge < -0.3 is 24.8 Å². The molecule has 2 atom stereocenters. The Balaban J connectivity index is 0.00000185. The summed E-state index contributed by atoms with van der Waals surface area (Å²) in [5.74, 6) is 0. The Bertz CT molecular complexity index is 1360. The van der Waals surface area contributed by atoms with Gasteiger partial charge in [-0.3, -0.25) is 0 Å². The molecule has 6 rings (SSSR count). The van der Waals surface area contributed by atoms with Crippen molar-refractivity contribution in [2.24, 2.45) is 0 Å². The number of aryl methyl sites for hydroxylation is 2. The summed E-state index contributed by atoms with van der Waals surface area (Å²) in [6.07, 6.45) is 5.62. The van der Waals surface area contributed by atoms with E-state index in [0.717, 1.165) is 0 Å². The molecule has 2 aliphatic rings. The topological polar surface area (TPSA) is 0 Å². The zero-order chi connectivity index (χ0) is 26.2. The van der Waals surface area contributed by atoms with Gasteiger partial charge in [0.25, 0.3) is 0 Å². The number of hydrogen-bond acceptors (Lipinski definition) is 0. The van der Waals surface area contributed by atoms with E-state index in [2.05, 4.69) is 113 Å². The Hall–Kier alpha value is -0.858. The predicted molar refractivity (Wildman–Crippen MR) is 163 cm³/mol. The molecular formula is C36H41Cl2SnZr. The molecule has 0 radical (unpaired) electrons. The average Bonchev–Trinajstić information content (AvgIpc) is 3.42. The minimum absolute atomic E-state index is 0. The van der Waals surface area contributed by atoms with Crippen molar-refractivity contribution in [3.63, 3.8) is 0 Å². The maximum absolute atomic E-state index is 2.60. The maximum Gasteiger partial charge on any atom is -1.00 e. The fourth-order valence-electron chi connectivity index (χ4n) is 7.39. The molecule has 2 unspecified atom stereocenters. The van der Waals surface area contributed by atoms with Crippen LogP contribution in [-0.2, 0) is 17.6 Å². The van der Waals surface area contributed by atoms with Crippen molar-refractivity contribution >= 4 is 15.2 Å². The van der Waals surface area contributed by atoms with Gasteiger partial charge in [-0.15, -0.1) is 0 Å². The predicted octanol–water partition coefficient (Wildman–Crippen LogP) is 4.09. The van der Waals surface area contributed by atoms with Crippen molar-refractivity contribution < 1.29 is 42.4 Å². The molecule has 0 fully saturated rings. The van der Waals surface area contributed by atoms with Gasteiger partial charge in [-0.2, -0.15) is 0 Å². The van der Waals surface area contributed by atoms with Gasteiger partial charge in [0.2, 0.25) is 0 Å². The fraction of sp³-hybridized carbons (Fsp3) is 0.333. The first-order valence-corrected chi connectivity index (χ1v) is 33.5. The number of benzene rings is 4. The standard InChI is InChI=1S/2C14H11.2C4H9.2ClH.Sn.Zr.H/c2*1-10-6-7-14-12(8-10)9-11-4-2-3-5-13(11)14;2*1-3-4-2;;;;;/h2*2-9H,1H3;2*1,3-4H2,2H3;2*1H;;;/q;;;;;;;+2;/p-2. The SMILES string of the molecule is CCC[CH2][SnH]([CH2]CCC)[Zr+2]([CH]1c2ccccc2-c2ccc(C)cc21)[CH]1c2ccccc2-c2ccc(C)cc21.[Cl-].[Cl-]. The summed E-state index contributed by atoms with van der Waals surface area (Å²) in [5, 5.41) is 0. The molecule has 0 nitrogen and oxygen atoms in total. The van der Waals surface area contributed by atoms with Crippen LogP contribution in [0.5, 0.6) is 0 Å². The quantitative estimate of drug-likeness (QED) is 0.226. The average molecular weight is 755 g/mol. The van der Waals surface area contributed by atoms with Gasteiger partial charge in [0.15, 0.2) is 0 Å². The molecule has 2 aliphatic carbocycles. The summed E-state index contributed by atoms with van der Waals surface area (Å²) in [7, 11) is 0. The molecule has 0 bridgehead atoms. The first-order valence-electron chi connectivity index (χ1n) is 14.9. The van der Waals surface area contributed by atoms with E-state index in [9.17, 15) is 0 Å². The number of halogens is 2. The van der Waals surface area contributed by atoms with Crippen molar-refractivity contribution in [3.8, 4) is 22.3 Å². The third kappa shape index (κ3) is 5.84. The third-order valence-electron chi connectivity index (χ3n) is 9.11. The van der Waals surface area contributed by atoms with Crippen LogP contribution in [0.2, 0.25) is 8.87 Å². The zero-order valence-corrected chi connectivity index (χ0v) is 31.6. The third-order valence-corrected chi connectivity index (χ3v) is 60.8. The molecule has 4 aromatic carbocycles. The van der Waals surface area contributed by atoms with Crippen LogP contribution in [0.4, 0.5) is 0 Å². The Labute approximate surface area is 265 Å². The summed E-state index contributed by atoms with van der Waals surface area (Å²) >= 11 is -4.05. The van der Waals surface area contributed by atoms with Crippen LogP contribution in [0.15, 0.2) is 84.9 Å². The van der Waals surface area contributed by atoms with E-state index in [0.29, 0.717) is 7.25 Å². The fourth-order valence-corrected chi connectivity index (χ4v) is 70.1. The van der Waals surface area contributed by atoms with Gasteiger partial charge >= 0.3 is 243 Å². The van der Waals surface area contributed by atoms with Gasteiger partial charge in [0.05, 0.1) is 0 Å². The monoisotopic (exact) mass is 753 g/mol. The van der Waals surface area contributed by atoms with E-state index in [4.69, 9.17) is 0 Å². The number of unbranched alkanes of at least 4 members (excludes halogenated alkanes) is 2. The Morgan fingerprint density at radius 1 is 0.550 bits per heavy atom. The molecule has 0 N–H and O–H groups in total. The Morgan fingerprint density at radius 2 is 0.950 bits per heavy atom. The summed E-state index contributed by atoms with van der Waals surface area (Å²) in [6, 6.07) is 33.9. The summed E-state index contributed by atoms with van der Waals surface area (Å²) in [5.41, 5.74) is 15.8. The van der Waals surface area contributed by atoms with Gasteiger partial charge in [-0.05, 0) is 0 Å². The van der Waals surface area contributed by atoms with E-state index in [1.165, 1.54) is 47.9 Å². The molecule has 0 saturated heterocycles. The number of rotatable bonds is 9. The normalized spacial score (nSPS) is 15.9. The van der Waals surface area contributed by atoms with Crippen molar-refractivity contribution in [2.75, 3.05) is 0 Å². The number of fused-ring (bicyclic) bond motifs is 6. The first kappa shape index (κ1) is 32.1. The zero-order valence-electron chi connectivity index (χ0n) is 24.3. The Kier molecular flexibility index (Phi) is 11.3. The molecule has 0 aliphatic heterocycles.